The number of nitrogens with zero attached hydrogens (tertiary/aromatic N) is 2. The maximum absolute atomic E-state index is 12.4. The zero-order chi connectivity index (χ0) is 18.5. The number of urea groups is 1. The summed E-state index contributed by atoms with van der Waals surface area (Å²) >= 11 is 11.1. The van der Waals surface area contributed by atoms with Gasteiger partial charge in [0.25, 0.3) is 0 Å². The third kappa shape index (κ3) is 5.71. The van der Waals surface area contributed by atoms with Crippen molar-refractivity contribution in [1.29, 1.82) is 0 Å². The molecule has 0 unspecified atom stereocenters. The normalized spacial score (nSPS) is 15.8. The van der Waals surface area contributed by atoms with E-state index in [1.54, 1.807) is 16.2 Å². The van der Waals surface area contributed by atoms with Gasteiger partial charge in [-0.05, 0) is 58.6 Å². The number of hydrogen-bond acceptors (Lipinski definition) is 3. The molecule has 0 bridgehead atoms. The van der Waals surface area contributed by atoms with Crippen molar-refractivity contribution in [1.82, 2.24) is 15.1 Å². The van der Waals surface area contributed by atoms with Gasteiger partial charge < -0.3 is 10.2 Å². The third-order valence-electron chi connectivity index (χ3n) is 4.60. The van der Waals surface area contributed by atoms with Crippen LogP contribution < -0.4 is 5.32 Å². The number of benzene rings is 1. The Balaban J connectivity index is 1.41. The van der Waals surface area contributed by atoms with Gasteiger partial charge in [-0.3, -0.25) is 4.90 Å². The molecule has 1 aromatic heterocycles. The van der Waals surface area contributed by atoms with E-state index in [1.807, 2.05) is 31.3 Å². The molecule has 7 heteroatoms. The van der Waals surface area contributed by atoms with E-state index < -0.39 is 0 Å². The summed E-state index contributed by atoms with van der Waals surface area (Å²) < 4.78 is 1.09. The number of amides is 2. The topological polar surface area (TPSA) is 35.6 Å². The number of rotatable bonds is 5. The molecule has 1 aliphatic heterocycles. The van der Waals surface area contributed by atoms with Gasteiger partial charge in [-0.2, -0.15) is 0 Å². The summed E-state index contributed by atoms with van der Waals surface area (Å²) in [6.45, 7) is 3.56. The van der Waals surface area contributed by atoms with Crippen molar-refractivity contribution in [3.05, 3.63) is 55.6 Å². The smallest absolute Gasteiger partial charge is 0.317 e. The second kappa shape index (κ2) is 9.22. The van der Waals surface area contributed by atoms with Crippen molar-refractivity contribution >= 4 is 44.9 Å². The molecule has 2 aromatic rings. The first-order chi connectivity index (χ1) is 12.5. The van der Waals surface area contributed by atoms with Crippen LogP contribution in [0.3, 0.4) is 0 Å². The van der Waals surface area contributed by atoms with Gasteiger partial charge in [0.2, 0.25) is 0 Å². The van der Waals surface area contributed by atoms with Crippen LogP contribution in [0.15, 0.2) is 40.2 Å². The van der Waals surface area contributed by atoms with E-state index in [1.165, 1.54) is 10.4 Å². The van der Waals surface area contributed by atoms with Crippen molar-refractivity contribution in [2.75, 3.05) is 20.1 Å². The van der Waals surface area contributed by atoms with Crippen LogP contribution in [0.5, 0.6) is 0 Å². The number of carbonyl (C=O) groups is 1. The van der Waals surface area contributed by atoms with E-state index in [-0.39, 0.29) is 12.1 Å². The highest BCUT2D eigenvalue weighted by atomic mass is 79.9. The summed E-state index contributed by atoms with van der Waals surface area (Å²) in [7, 11) is 1.85. The van der Waals surface area contributed by atoms with Gasteiger partial charge in [-0.1, -0.05) is 23.7 Å². The average Bonchev–Trinajstić information content (AvgIpc) is 3.03. The fourth-order valence-corrected chi connectivity index (χ4v) is 4.77. The molecule has 3 rings (SSSR count). The van der Waals surface area contributed by atoms with Crippen LogP contribution in [-0.4, -0.2) is 42.0 Å². The van der Waals surface area contributed by atoms with Gasteiger partial charge in [0, 0.05) is 42.6 Å². The molecule has 2 heterocycles. The van der Waals surface area contributed by atoms with Crippen LogP contribution in [0, 0.1) is 0 Å². The Morgan fingerprint density at radius 3 is 2.58 bits per heavy atom. The van der Waals surface area contributed by atoms with Gasteiger partial charge in [-0.25, -0.2) is 4.79 Å². The Bertz CT molecular complexity index is 729. The zero-order valence-corrected chi connectivity index (χ0v) is 17.9. The minimum absolute atomic E-state index is 0.00525. The molecule has 1 saturated heterocycles. The van der Waals surface area contributed by atoms with Crippen LogP contribution in [-0.2, 0) is 13.1 Å². The fraction of sp³-hybridized carbons (Fsp3) is 0.421. The average molecular weight is 457 g/mol. The highest BCUT2D eigenvalue weighted by Gasteiger charge is 2.22. The van der Waals surface area contributed by atoms with Crippen LogP contribution >= 0.6 is 38.9 Å². The molecule has 4 nitrogen and oxygen atoms in total. The lowest BCUT2D eigenvalue weighted by Crippen LogP contribution is -2.47. The molecule has 1 aliphatic rings. The number of carbonyl (C=O) groups excluding carboxylic acids is 1. The summed E-state index contributed by atoms with van der Waals surface area (Å²) in [6.07, 6.45) is 1.97. The van der Waals surface area contributed by atoms with E-state index in [2.05, 4.69) is 38.3 Å². The van der Waals surface area contributed by atoms with Crippen molar-refractivity contribution in [2.24, 2.45) is 0 Å². The standard InChI is InChI=1S/C19H23BrClN3OS/c1-23(13-17-6-7-18(20)26-17)19(25)22-16-8-10-24(11-9-16)12-14-2-4-15(21)5-3-14/h2-7,16H,8-13H2,1H3,(H,22,25). The minimum Gasteiger partial charge on any atom is -0.335 e. The van der Waals surface area contributed by atoms with Crippen molar-refractivity contribution < 1.29 is 4.79 Å². The van der Waals surface area contributed by atoms with Gasteiger partial charge in [-0.15, -0.1) is 11.3 Å². The first-order valence-corrected chi connectivity index (χ1v) is 10.7. The van der Waals surface area contributed by atoms with Gasteiger partial charge in [0.1, 0.15) is 0 Å². The second-order valence-electron chi connectivity index (χ2n) is 6.69. The van der Waals surface area contributed by atoms with Crippen molar-refractivity contribution in [3.63, 3.8) is 0 Å². The van der Waals surface area contributed by atoms with E-state index >= 15 is 0 Å². The van der Waals surface area contributed by atoms with Crippen LogP contribution in [0.1, 0.15) is 23.3 Å². The SMILES string of the molecule is CN(Cc1ccc(Br)s1)C(=O)NC1CCN(Cc2ccc(Cl)cc2)CC1. The van der Waals surface area contributed by atoms with Crippen molar-refractivity contribution in [3.8, 4) is 0 Å². The van der Waals surface area contributed by atoms with E-state index in [0.29, 0.717) is 6.54 Å². The zero-order valence-electron chi connectivity index (χ0n) is 14.8. The lowest BCUT2D eigenvalue weighted by Gasteiger charge is -2.33. The first-order valence-electron chi connectivity index (χ1n) is 8.72. The minimum atomic E-state index is 0.00525. The molecule has 2 amide bonds. The molecule has 26 heavy (non-hydrogen) atoms. The molecular formula is C19H23BrClN3OS. The summed E-state index contributed by atoms with van der Waals surface area (Å²) in [6, 6.07) is 12.3. The van der Waals surface area contributed by atoms with Crippen LogP contribution in [0.4, 0.5) is 4.79 Å². The maximum Gasteiger partial charge on any atom is 0.317 e. The van der Waals surface area contributed by atoms with Crippen LogP contribution in [0.2, 0.25) is 5.02 Å². The molecule has 140 valence electrons. The van der Waals surface area contributed by atoms with E-state index in [4.69, 9.17) is 11.6 Å². The monoisotopic (exact) mass is 455 g/mol. The molecule has 0 radical (unpaired) electrons. The lowest BCUT2D eigenvalue weighted by molar-refractivity contribution is 0.173. The van der Waals surface area contributed by atoms with E-state index in [9.17, 15) is 4.79 Å². The molecule has 0 aliphatic carbocycles. The summed E-state index contributed by atoms with van der Waals surface area (Å²) in [5.74, 6) is 0. The quantitative estimate of drug-likeness (QED) is 0.689. The van der Waals surface area contributed by atoms with Crippen molar-refractivity contribution in [2.45, 2.75) is 32.0 Å². The number of thiophene rings is 1. The number of nitrogens with one attached hydrogen (secondary N) is 1. The summed E-state index contributed by atoms with van der Waals surface area (Å²) in [5, 5.41) is 3.95. The number of halogens is 2. The highest BCUT2D eigenvalue weighted by molar-refractivity contribution is 9.11. The fourth-order valence-electron chi connectivity index (χ4n) is 3.11. The van der Waals surface area contributed by atoms with Crippen LogP contribution in [0.25, 0.3) is 0 Å². The third-order valence-corrected chi connectivity index (χ3v) is 6.46. The Kier molecular flexibility index (Phi) is 6.98. The van der Waals surface area contributed by atoms with Gasteiger partial charge in [0.05, 0.1) is 10.3 Å². The maximum atomic E-state index is 12.4. The van der Waals surface area contributed by atoms with E-state index in [0.717, 1.165) is 41.3 Å². The Labute approximate surface area is 172 Å². The number of likely N-dealkylation sites (tertiary alicyclic amines) is 1. The molecule has 1 aromatic carbocycles. The molecule has 1 N–H and O–H groups in total. The molecular weight excluding hydrogens is 434 g/mol. The predicted octanol–water partition coefficient (Wildman–Crippen LogP) is 4.97. The lowest BCUT2D eigenvalue weighted by atomic mass is 10.0. The van der Waals surface area contributed by atoms with Gasteiger partial charge >= 0.3 is 6.03 Å². The second-order valence-corrected chi connectivity index (χ2v) is 9.67. The largest absolute Gasteiger partial charge is 0.335 e. The Hall–Kier alpha value is -1.08. The number of hydrogen-bond donors (Lipinski definition) is 1. The Morgan fingerprint density at radius 1 is 1.27 bits per heavy atom. The highest BCUT2D eigenvalue weighted by Crippen LogP contribution is 2.23. The summed E-state index contributed by atoms with van der Waals surface area (Å²) in [5.41, 5.74) is 1.28. The number of piperidine rings is 1. The first kappa shape index (κ1) is 19.7. The molecule has 1 fully saturated rings. The summed E-state index contributed by atoms with van der Waals surface area (Å²) in [4.78, 5) is 17.8. The molecule has 0 spiro atoms. The predicted molar refractivity (Wildman–Crippen MR) is 112 cm³/mol. The van der Waals surface area contributed by atoms with Gasteiger partial charge in [0.15, 0.2) is 0 Å². The molecule has 0 atom stereocenters. The molecule has 0 saturated carbocycles. The Morgan fingerprint density at radius 2 is 1.96 bits per heavy atom.